The number of nitrogens with one attached hydrogen (secondary N) is 1. The van der Waals surface area contributed by atoms with Crippen LogP contribution in [-0.4, -0.2) is 39.5 Å². The summed E-state index contributed by atoms with van der Waals surface area (Å²) >= 11 is 0. The standard InChI is InChI=1S/C20H22N2O3S/c23-26(24,18-5-2-1-3-6-18)19-13-16-7-12-25-20(16)17(14-19)15-22-10-4-8-21-9-11-22/h1-3,5-7,12-14,21H,4,8-11,15H2. The molecular formula is C20H22N2O3S. The molecule has 2 aromatic carbocycles. The fraction of sp³-hybridized carbons (Fsp3) is 0.300. The minimum atomic E-state index is -3.55. The summed E-state index contributed by atoms with van der Waals surface area (Å²) in [7, 11) is -3.55. The summed E-state index contributed by atoms with van der Waals surface area (Å²) in [5.74, 6) is 0. The number of rotatable bonds is 4. The van der Waals surface area contributed by atoms with Crippen LogP contribution in [0.15, 0.2) is 69.0 Å². The Kier molecular flexibility index (Phi) is 4.80. The second-order valence-electron chi connectivity index (χ2n) is 6.62. The summed E-state index contributed by atoms with van der Waals surface area (Å²) < 4.78 is 31.7. The van der Waals surface area contributed by atoms with Gasteiger partial charge in [-0.3, -0.25) is 4.90 Å². The maximum Gasteiger partial charge on any atom is 0.206 e. The SMILES string of the molecule is O=S(=O)(c1ccccc1)c1cc(CN2CCCNCC2)c2occc2c1. The van der Waals surface area contributed by atoms with Gasteiger partial charge in [-0.05, 0) is 49.8 Å². The Morgan fingerprint density at radius 3 is 2.69 bits per heavy atom. The van der Waals surface area contributed by atoms with Gasteiger partial charge in [-0.1, -0.05) is 18.2 Å². The largest absolute Gasteiger partial charge is 0.464 e. The van der Waals surface area contributed by atoms with Gasteiger partial charge in [0.15, 0.2) is 0 Å². The van der Waals surface area contributed by atoms with Gasteiger partial charge in [-0.25, -0.2) is 8.42 Å². The lowest BCUT2D eigenvalue weighted by molar-refractivity contribution is 0.284. The molecule has 136 valence electrons. The highest BCUT2D eigenvalue weighted by atomic mass is 32.2. The molecule has 0 saturated carbocycles. The number of sulfone groups is 1. The van der Waals surface area contributed by atoms with E-state index < -0.39 is 9.84 Å². The van der Waals surface area contributed by atoms with Crippen molar-refractivity contribution in [2.45, 2.75) is 22.8 Å². The monoisotopic (exact) mass is 370 g/mol. The van der Waals surface area contributed by atoms with Crippen LogP contribution in [0.4, 0.5) is 0 Å². The number of benzene rings is 2. The van der Waals surface area contributed by atoms with Crippen molar-refractivity contribution in [1.82, 2.24) is 10.2 Å². The predicted octanol–water partition coefficient (Wildman–Crippen LogP) is 3.06. The summed E-state index contributed by atoms with van der Waals surface area (Å²) in [6.45, 7) is 4.59. The first kappa shape index (κ1) is 17.3. The highest BCUT2D eigenvalue weighted by Gasteiger charge is 2.21. The molecule has 1 aliphatic heterocycles. The molecule has 5 nitrogen and oxygen atoms in total. The average Bonchev–Trinajstić information content (AvgIpc) is 2.99. The molecule has 4 rings (SSSR count). The smallest absolute Gasteiger partial charge is 0.206 e. The van der Waals surface area contributed by atoms with E-state index in [0.717, 1.165) is 49.1 Å². The Labute approximate surface area is 153 Å². The van der Waals surface area contributed by atoms with Crippen LogP contribution in [0.5, 0.6) is 0 Å². The minimum absolute atomic E-state index is 0.313. The molecule has 1 N–H and O–H groups in total. The maximum atomic E-state index is 13.0. The highest BCUT2D eigenvalue weighted by molar-refractivity contribution is 7.91. The van der Waals surface area contributed by atoms with Crippen molar-refractivity contribution >= 4 is 20.8 Å². The third-order valence-electron chi connectivity index (χ3n) is 4.79. The molecule has 1 saturated heterocycles. The second kappa shape index (κ2) is 7.23. The topological polar surface area (TPSA) is 62.6 Å². The lowest BCUT2D eigenvalue weighted by Gasteiger charge is -2.20. The Hall–Kier alpha value is -2.15. The Morgan fingerprint density at radius 1 is 1.00 bits per heavy atom. The van der Waals surface area contributed by atoms with Crippen LogP contribution in [0.25, 0.3) is 11.0 Å². The normalized spacial score (nSPS) is 16.6. The molecule has 6 heteroatoms. The number of nitrogens with zero attached hydrogens (tertiary/aromatic N) is 1. The molecular weight excluding hydrogens is 348 g/mol. The fourth-order valence-corrected chi connectivity index (χ4v) is 4.80. The van der Waals surface area contributed by atoms with Gasteiger partial charge in [0, 0.05) is 30.6 Å². The van der Waals surface area contributed by atoms with E-state index in [0.29, 0.717) is 16.3 Å². The second-order valence-corrected chi connectivity index (χ2v) is 8.57. The van der Waals surface area contributed by atoms with Gasteiger partial charge in [0.2, 0.25) is 9.84 Å². The zero-order valence-corrected chi connectivity index (χ0v) is 15.3. The lowest BCUT2D eigenvalue weighted by Crippen LogP contribution is -2.27. The first-order valence-electron chi connectivity index (χ1n) is 8.88. The molecule has 0 aliphatic carbocycles. The molecule has 0 atom stereocenters. The van der Waals surface area contributed by atoms with Gasteiger partial charge >= 0.3 is 0 Å². The van der Waals surface area contributed by atoms with Crippen LogP contribution in [0.2, 0.25) is 0 Å². The summed E-state index contributed by atoms with van der Waals surface area (Å²) in [5.41, 5.74) is 1.69. The number of fused-ring (bicyclic) bond motifs is 1. The van der Waals surface area contributed by atoms with Crippen molar-refractivity contribution in [2.75, 3.05) is 26.2 Å². The van der Waals surface area contributed by atoms with Crippen LogP contribution in [0.3, 0.4) is 0 Å². The molecule has 0 radical (unpaired) electrons. The van der Waals surface area contributed by atoms with Crippen molar-refractivity contribution in [3.8, 4) is 0 Å². The predicted molar refractivity (Wildman–Crippen MR) is 101 cm³/mol. The van der Waals surface area contributed by atoms with Crippen LogP contribution >= 0.6 is 0 Å². The van der Waals surface area contributed by atoms with Crippen LogP contribution in [-0.2, 0) is 16.4 Å². The van der Waals surface area contributed by atoms with E-state index in [9.17, 15) is 8.42 Å². The summed E-state index contributed by atoms with van der Waals surface area (Å²) in [4.78, 5) is 2.98. The van der Waals surface area contributed by atoms with Crippen LogP contribution < -0.4 is 5.32 Å². The first-order valence-corrected chi connectivity index (χ1v) is 10.4. The van der Waals surface area contributed by atoms with Crippen molar-refractivity contribution < 1.29 is 12.8 Å². The van der Waals surface area contributed by atoms with Gasteiger partial charge in [0.05, 0.1) is 16.1 Å². The molecule has 1 fully saturated rings. The van der Waals surface area contributed by atoms with Gasteiger partial charge in [0.25, 0.3) is 0 Å². The average molecular weight is 370 g/mol. The van der Waals surface area contributed by atoms with E-state index in [4.69, 9.17) is 4.42 Å². The highest BCUT2D eigenvalue weighted by Crippen LogP contribution is 2.29. The summed E-state index contributed by atoms with van der Waals surface area (Å²) in [5, 5.41) is 4.22. The van der Waals surface area contributed by atoms with Crippen molar-refractivity contribution in [1.29, 1.82) is 0 Å². The lowest BCUT2D eigenvalue weighted by atomic mass is 10.1. The molecule has 0 unspecified atom stereocenters. The van der Waals surface area contributed by atoms with Crippen molar-refractivity contribution in [2.24, 2.45) is 0 Å². The summed E-state index contributed by atoms with van der Waals surface area (Å²) in [6.07, 6.45) is 2.71. The third-order valence-corrected chi connectivity index (χ3v) is 6.54. The molecule has 2 heterocycles. The fourth-order valence-electron chi connectivity index (χ4n) is 3.44. The van der Waals surface area contributed by atoms with E-state index in [1.807, 2.05) is 12.1 Å². The molecule has 0 amide bonds. The van der Waals surface area contributed by atoms with Crippen LogP contribution in [0.1, 0.15) is 12.0 Å². The van der Waals surface area contributed by atoms with Crippen LogP contribution in [0, 0.1) is 0 Å². The zero-order valence-electron chi connectivity index (χ0n) is 14.5. The molecule has 0 spiro atoms. The molecule has 1 aliphatic rings. The Balaban J connectivity index is 1.75. The zero-order chi connectivity index (χ0) is 18.0. The molecule has 1 aromatic heterocycles. The van der Waals surface area contributed by atoms with Gasteiger partial charge in [-0.2, -0.15) is 0 Å². The molecule has 3 aromatic rings. The Morgan fingerprint density at radius 2 is 1.85 bits per heavy atom. The van der Waals surface area contributed by atoms with Crippen molar-refractivity contribution in [3.63, 3.8) is 0 Å². The first-order chi connectivity index (χ1) is 12.6. The number of hydrogen-bond acceptors (Lipinski definition) is 5. The van der Waals surface area contributed by atoms with Gasteiger partial charge in [-0.15, -0.1) is 0 Å². The van der Waals surface area contributed by atoms with Gasteiger partial charge < -0.3 is 9.73 Å². The maximum absolute atomic E-state index is 13.0. The van der Waals surface area contributed by atoms with E-state index in [-0.39, 0.29) is 0 Å². The minimum Gasteiger partial charge on any atom is -0.464 e. The van der Waals surface area contributed by atoms with Gasteiger partial charge in [0.1, 0.15) is 5.58 Å². The number of hydrogen-bond donors (Lipinski definition) is 1. The number of furan rings is 1. The quantitative estimate of drug-likeness (QED) is 0.765. The van der Waals surface area contributed by atoms with E-state index in [1.165, 1.54) is 0 Å². The van der Waals surface area contributed by atoms with E-state index in [1.54, 1.807) is 42.7 Å². The Bertz CT molecular complexity index is 988. The summed E-state index contributed by atoms with van der Waals surface area (Å²) in [6, 6.07) is 13.9. The van der Waals surface area contributed by atoms with E-state index in [2.05, 4.69) is 10.2 Å². The van der Waals surface area contributed by atoms with E-state index >= 15 is 0 Å². The molecule has 0 bridgehead atoms. The third kappa shape index (κ3) is 3.40. The van der Waals surface area contributed by atoms with Crippen molar-refractivity contribution in [3.05, 3.63) is 60.4 Å². The molecule has 26 heavy (non-hydrogen) atoms.